The summed E-state index contributed by atoms with van der Waals surface area (Å²) >= 11 is 0. The Labute approximate surface area is 118 Å². The third-order valence-corrected chi connectivity index (χ3v) is 2.42. The van der Waals surface area contributed by atoms with E-state index in [9.17, 15) is 9.59 Å². The summed E-state index contributed by atoms with van der Waals surface area (Å²) in [5, 5.41) is 2.71. The van der Waals surface area contributed by atoms with Gasteiger partial charge in [0, 0.05) is 11.6 Å². The quantitative estimate of drug-likeness (QED) is 0.765. The van der Waals surface area contributed by atoms with Crippen LogP contribution in [0.1, 0.15) is 24.2 Å². The molecule has 6 nitrogen and oxygen atoms in total. The average Bonchev–Trinajstić information content (AvgIpc) is 2.43. The summed E-state index contributed by atoms with van der Waals surface area (Å²) < 4.78 is 15.7. The Balaban J connectivity index is 2.92. The number of carbonyl (C=O) groups excluding carboxylic acids is 2. The molecule has 1 aromatic rings. The summed E-state index contributed by atoms with van der Waals surface area (Å²) in [5.41, 5.74) is 0.401. The zero-order chi connectivity index (χ0) is 15.1. The van der Waals surface area contributed by atoms with E-state index < -0.39 is 0 Å². The number of rotatable bonds is 7. The van der Waals surface area contributed by atoms with E-state index in [0.29, 0.717) is 29.1 Å². The molecule has 1 aromatic carbocycles. The van der Waals surface area contributed by atoms with Gasteiger partial charge >= 0.3 is 0 Å². The van der Waals surface area contributed by atoms with Crippen molar-refractivity contribution in [2.45, 2.75) is 19.9 Å². The molecule has 0 saturated heterocycles. The van der Waals surface area contributed by atoms with Gasteiger partial charge in [-0.3, -0.25) is 9.59 Å². The third-order valence-electron chi connectivity index (χ3n) is 2.42. The van der Waals surface area contributed by atoms with Crippen LogP contribution in [0.5, 0.6) is 17.2 Å². The largest absolute Gasteiger partial charge is 0.493 e. The summed E-state index contributed by atoms with van der Waals surface area (Å²) in [7, 11) is 2.90. The van der Waals surface area contributed by atoms with Crippen LogP contribution in [0.2, 0.25) is 0 Å². The maximum atomic E-state index is 11.6. The molecule has 1 rings (SSSR count). The van der Waals surface area contributed by atoms with Crippen LogP contribution < -0.4 is 19.5 Å². The highest BCUT2D eigenvalue weighted by Crippen LogP contribution is 2.38. The van der Waals surface area contributed by atoms with Crippen molar-refractivity contribution in [3.05, 3.63) is 17.7 Å². The molecule has 0 spiro atoms. The van der Waals surface area contributed by atoms with Crippen molar-refractivity contribution < 1.29 is 23.8 Å². The van der Waals surface area contributed by atoms with Crippen molar-refractivity contribution in [1.29, 1.82) is 0 Å². The van der Waals surface area contributed by atoms with E-state index in [1.54, 1.807) is 0 Å². The summed E-state index contributed by atoms with van der Waals surface area (Å²) in [6.45, 7) is 3.56. The van der Waals surface area contributed by atoms with Crippen LogP contribution in [0.4, 0.5) is 0 Å². The maximum absolute atomic E-state index is 11.6. The predicted molar refractivity (Wildman–Crippen MR) is 73.7 cm³/mol. The highest BCUT2D eigenvalue weighted by atomic mass is 16.5. The van der Waals surface area contributed by atoms with Gasteiger partial charge in [0.05, 0.1) is 14.2 Å². The van der Waals surface area contributed by atoms with Crippen molar-refractivity contribution in [2.75, 3.05) is 20.8 Å². The summed E-state index contributed by atoms with van der Waals surface area (Å²) in [4.78, 5) is 22.4. The molecule has 1 N–H and O–H groups in total. The van der Waals surface area contributed by atoms with Crippen molar-refractivity contribution >= 4 is 12.2 Å². The lowest BCUT2D eigenvalue weighted by atomic mass is 10.2. The molecular weight excluding hydrogens is 262 g/mol. The van der Waals surface area contributed by atoms with Crippen molar-refractivity contribution in [3.63, 3.8) is 0 Å². The Kier molecular flexibility index (Phi) is 5.83. The molecule has 0 saturated carbocycles. The van der Waals surface area contributed by atoms with E-state index in [0.717, 1.165) is 0 Å². The molecule has 0 aliphatic carbocycles. The molecule has 0 fully saturated rings. The van der Waals surface area contributed by atoms with Crippen LogP contribution in [0.25, 0.3) is 0 Å². The first-order chi connectivity index (χ1) is 9.51. The number of methoxy groups -OCH3 is 2. The highest BCUT2D eigenvalue weighted by Gasteiger charge is 2.15. The molecule has 0 atom stereocenters. The van der Waals surface area contributed by atoms with Crippen molar-refractivity contribution in [2.24, 2.45) is 0 Å². The first-order valence-electron chi connectivity index (χ1n) is 6.15. The Morgan fingerprint density at radius 2 is 1.80 bits per heavy atom. The monoisotopic (exact) mass is 281 g/mol. The summed E-state index contributed by atoms with van der Waals surface area (Å²) in [5.74, 6) is 0.718. The molecule has 0 radical (unpaired) electrons. The van der Waals surface area contributed by atoms with Gasteiger partial charge < -0.3 is 19.5 Å². The van der Waals surface area contributed by atoms with Gasteiger partial charge in [0.15, 0.2) is 18.1 Å². The van der Waals surface area contributed by atoms with Gasteiger partial charge in [0.1, 0.15) is 6.29 Å². The number of hydrogen-bond donors (Lipinski definition) is 1. The average molecular weight is 281 g/mol. The minimum absolute atomic E-state index is 0.0346. The zero-order valence-corrected chi connectivity index (χ0v) is 12.1. The normalized spacial score (nSPS) is 10.1. The Morgan fingerprint density at radius 1 is 1.25 bits per heavy atom. The van der Waals surface area contributed by atoms with Crippen molar-refractivity contribution in [3.8, 4) is 17.2 Å². The summed E-state index contributed by atoms with van der Waals surface area (Å²) in [6, 6.07) is 3.07. The first kappa shape index (κ1) is 15.8. The lowest BCUT2D eigenvalue weighted by Gasteiger charge is -2.15. The van der Waals surface area contributed by atoms with Gasteiger partial charge in [0.2, 0.25) is 5.75 Å². The number of amides is 1. The van der Waals surface area contributed by atoms with Crippen LogP contribution in [0.15, 0.2) is 12.1 Å². The molecule has 1 amide bonds. The fourth-order valence-corrected chi connectivity index (χ4v) is 1.61. The first-order valence-corrected chi connectivity index (χ1v) is 6.15. The van der Waals surface area contributed by atoms with Crippen molar-refractivity contribution in [1.82, 2.24) is 5.32 Å². The van der Waals surface area contributed by atoms with Crippen LogP contribution in [0.3, 0.4) is 0 Å². The molecule has 0 aliphatic heterocycles. The molecule has 0 bridgehead atoms. The molecule has 6 heteroatoms. The molecule has 110 valence electrons. The zero-order valence-electron chi connectivity index (χ0n) is 12.1. The molecule has 0 aliphatic rings. The number of carbonyl (C=O) groups is 2. The maximum Gasteiger partial charge on any atom is 0.258 e. The Bertz CT molecular complexity index is 459. The fourth-order valence-electron chi connectivity index (χ4n) is 1.61. The lowest BCUT2D eigenvalue weighted by molar-refractivity contribution is -0.123. The van der Waals surface area contributed by atoms with E-state index in [1.165, 1.54) is 26.4 Å². The number of hydrogen-bond acceptors (Lipinski definition) is 5. The molecule has 0 heterocycles. The van der Waals surface area contributed by atoms with E-state index >= 15 is 0 Å². The van der Waals surface area contributed by atoms with Gasteiger partial charge in [-0.1, -0.05) is 0 Å². The third kappa shape index (κ3) is 4.15. The predicted octanol–water partition coefficient (Wildman–Crippen LogP) is 1.42. The van der Waals surface area contributed by atoms with Gasteiger partial charge in [-0.2, -0.15) is 0 Å². The minimum atomic E-state index is -0.247. The van der Waals surface area contributed by atoms with Gasteiger partial charge in [0.25, 0.3) is 5.91 Å². The van der Waals surface area contributed by atoms with E-state index in [-0.39, 0.29) is 18.6 Å². The Morgan fingerprint density at radius 3 is 2.20 bits per heavy atom. The standard InChI is InChI=1S/C14H19NO5/c1-9(2)15-13(17)8-20-14-11(18-3)5-10(7-16)6-12(14)19-4/h5-7,9H,8H2,1-4H3,(H,15,17). The number of ether oxygens (including phenoxy) is 3. The SMILES string of the molecule is COc1cc(C=O)cc(OC)c1OCC(=O)NC(C)C. The van der Waals surface area contributed by atoms with E-state index in [4.69, 9.17) is 14.2 Å². The molecule has 20 heavy (non-hydrogen) atoms. The van der Waals surface area contributed by atoms with Crippen LogP contribution >= 0.6 is 0 Å². The van der Waals surface area contributed by atoms with Crippen LogP contribution in [0, 0.1) is 0 Å². The number of aldehydes is 1. The van der Waals surface area contributed by atoms with Crippen LogP contribution in [-0.4, -0.2) is 39.1 Å². The topological polar surface area (TPSA) is 73.9 Å². The van der Waals surface area contributed by atoms with Gasteiger partial charge in [-0.15, -0.1) is 0 Å². The lowest BCUT2D eigenvalue weighted by Crippen LogP contribution is -2.34. The van der Waals surface area contributed by atoms with Gasteiger partial charge in [-0.25, -0.2) is 0 Å². The highest BCUT2D eigenvalue weighted by molar-refractivity contribution is 5.80. The van der Waals surface area contributed by atoms with E-state index in [1.807, 2.05) is 13.8 Å². The smallest absolute Gasteiger partial charge is 0.258 e. The van der Waals surface area contributed by atoms with Gasteiger partial charge in [-0.05, 0) is 26.0 Å². The fraction of sp³-hybridized carbons (Fsp3) is 0.429. The molecule has 0 aromatic heterocycles. The second kappa shape index (κ2) is 7.37. The van der Waals surface area contributed by atoms with E-state index in [2.05, 4.69) is 5.32 Å². The number of nitrogens with one attached hydrogen (secondary N) is 1. The minimum Gasteiger partial charge on any atom is -0.493 e. The summed E-state index contributed by atoms with van der Waals surface area (Å²) in [6.07, 6.45) is 0.681. The van der Waals surface area contributed by atoms with Crippen LogP contribution in [-0.2, 0) is 4.79 Å². The second-order valence-corrected chi connectivity index (χ2v) is 4.38. The Hall–Kier alpha value is -2.24. The second-order valence-electron chi connectivity index (χ2n) is 4.38. The molecule has 0 unspecified atom stereocenters. The number of benzene rings is 1. The molecular formula is C14H19NO5.